The highest BCUT2D eigenvalue weighted by atomic mass is 19.1. The molecule has 0 unspecified atom stereocenters. The van der Waals surface area contributed by atoms with E-state index in [4.69, 9.17) is 18.6 Å². The topological polar surface area (TPSA) is 125 Å². The standard InChI is InChI=1S/C32H28F2N6O5/c1-3-30(41)40-11-9-21(10-12-40)45-29-15-24-27(16-28(29)42-17-33)35-18-36-31(24)37-26-8-7-23(14-25(26)34)44-22-6-4-5-20(13-22)32-39-38-19(2)43-32/h3-8,13-16,18,21H,1,9-12,17H2,2H3,(H,35,36,37). The molecule has 6 rings (SSSR count). The molecule has 3 heterocycles. The number of benzene rings is 3. The van der Waals surface area contributed by atoms with Gasteiger partial charge in [-0.05, 0) is 42.5 Å². The minimum atomic E-state index is -1.06. The van der Waals surface area contributed by atoms with E-state index in [9.17, 15) is 9.18 Å². The molecule has 230 valence electrons. The van der Waals surface area contributed by atoms with Crippen molar-refractivity contribution < 1.29 is 32.2 Å². The SMILES string of the molecule is C=CC(=O)N1CCC(Oc2cc3c(Nc4ccc(Oc5cccc(-c6nnc(C)o6)c5)cc4F)ncnc3cc2OCF)CC1. The summed E-state index contributed by atoms with van der Waals surface area (Å²) in [5, 5.41) is 11.4. The Morgan fingerprint density at radius 3 is 2.64 bits per heavy atom. The van der Waals surface area contributed by atoms with Gasteiger partial charge in [0, 0.05) is 55.9 Å². The maximum absolute atomic E-state index is 15.3. The van der Waals surface area contributed by atoms with Gasteiger partial charge in [0.1, 0.15) is 35.6 Å². The van der Waals surface area contributed by atoms with Crippen LogP contribution in [0.2, 0.25) is 0 Å². The normalized spacial score (nSPS) is 13.4. The Hall–Kier alpha value is -5.59. The third-order valence-corrected chi connectivity index (χ3v) is 7.17. The number of carbonyl (C=O) groups is 1. The molecule has 3 aromatic carbocycles. The zero-order valence-corrected chi connectivity index (χ0v) is 24.2. The predicted molar refractivity (Wildman–Crippen MR) is 161 cm³/mol. The summed E-state index contributed by atoms with van der Waals surface area (Å²) < 4.78 is 51.3. The number of halogens is 2. The van der Waals surface area contributed by atoms with Gasteiger partial charge in [0.2, 0.25) is 24.5 Å². The monoisotopic (exact) mass is 614 g/mol. The van der Waals surface area contributed by atoms with E-state index in [1.165, 1.54) is 24.5 Å². The number of aromatic nitrogens is 4. The molecular weight excluding hydrogens is 586 g/mol. The van der Waals surface area contributed by atoms with Crippen molar-refractivity contribution in [2.75, 3.05) is 25.3 Å². The lowest BCUT2D eigenvalue weighted by Gasteiger charge is -2.31. The molecule has 13 heteroatoms. The van der Waals surface area contributed by atoms with Crippen molar-refractivity contribution in [2.45, 2.75) is 25.9 Å². The highest BCUT2D eigenvalue weighted by Crippen LogP contribution is 2.37. The van der Waals surface area contributed by atoms with Crippen LogP contribution < -0.4 is 19.5 Å². The first kappa shape index (κ1) is 29.5. The Morgan fingerprint density at radius 1 is 1.09 bits per heavy atom. The molecule has 0 saturated carbocycles. The molecule has 2 aromatic heterocycles. The number of hydrogen-bond donors (Lipinski definition) is 1. The lowest BCUT2D eigenvalue weighted by atomic mass is 10.1. The lowest BCUT2D eigenvalue weighted by molar-refractivity contribution is -0.127. The summed E-state index contributed by atoms with van der Waals surface area (Å²) >= 11 is 0. The fourth-order valence-corrected chi connectivity index (χ4v) is 4.96. The first-order valence-corrected chi connectivity index (χ1v) is 14.1. The van der Waals surface area contributed by atoms with E-state index < -0.39 is 12.7 Å². The zero-order chi connectivity index (χ0) is 31.3. The number of hydrogen-bond acceptors (Lipinski definition) is 10. The summed E-state index contributed by atoms with van der Waals surface area (Å²) in [5.41, 5.74) is 1.24. The van der Waals surface area contributed by atoms with Gasteiger partial charge in [-0.3, -0.25) is 4.79 Å². The largest absolute Gasteiger partial charge is 0.486 e. The van der Waals surface area contributed by atoms with Crippen molar-refractivity contribution in [1.82, 2.24) is 25.1 Å². The fourth-order valence-electron chi connectivity index (χ4n) is 4.96. The molecule has 0 radical (unpaired) electrons. The molecule has 11 nitrogen and oxygen atoms in total. The molecule has 1 aliphatic heterocycles. The van der Waals surface area contributed by atoms with E-state index in [2.05, 4.69) is 32.1 Å². The maximum atomic E-state index is 15.3. The van der Waals surface area contributed by atoms with Gasteiger partial charge in [-0.25, -0.2) is 18.7 Å². The van der Waals surface area contributed by atoms with E-state index in [1.807, 2.05) is 0 Å². The van der Waals surface area contributed by atoms with Gasteiger partial charge in [0.15, 0.2) is 11.5 Å². The number of nitrogens with zero attached hydrogens (tertiary/aromatic N) is 5. The van der Waals surface area contributed by atoms with Crippen LogP contribution in [0.3, 0.4) is 0 Å². The van der Waals surface area contributed by atoms with E-state index in [0.29, 0.717) is 65.7 Å². The van der Waals surface area contributed by atoms with Crippen molar-refractivity contribution in [1.29, 1.82) is 0 Å². The molecule has 45 heavy (non-hydrogen) atoms. The van der Waals surface area contributed by atoms with Crippen molar-refractivity contribution in [3.63, 3.8) is 0 Å². The average molecular weight is 615 g/mol. The number of carbonyl (C=O) groups excluding carboxylic acids is 1. The van der Waals surface area contributed by atoms with Crippen LogP contribution in [0.25, 0.3) is 22.4 Å². The quantitative estimate of drug-likeness (QED) is 0.174. The van der Waals surface area contributed by atoms with Crippen molar-refractivity contribution >= 4 is 28.3 Å². The molecule has 1 fully saturated rings. The highest BCUT2D eigenvalue weighted by molar-refractivity contribution is 5.93. The van der Waals surface area contributed by atoms with Gasteiger partial charge in [0.25, 0.3) is 0 Å². The number of ether oxygens (including phenoxy) is 3. The van der Waals surface area contributed by atoms with Crippen LogP contribution >= 0.6 is 0 Å². The second-order valence-corrected chi connectivity index (χ2v) is 10.2. The third-order valence-electron chi connectivity index (χ3n) is 7.17. The molecular formula is C32H28F2N6O5. The Balaban J connectivity index is 1.21. The number of rotatable bonds is 10. The molecule has 0 aliphatic carbocycles. The van der Waals surface area contributed by atoms with Crippen LogP contribution in [0.4, 0.5) is 20.3 Å². The Morgan fingerprint density at radius 2 is 1.91 bits per heavy atom. The number of nitrogens with one attached hydrogen (secondary N) is 1. The van der Waals surface area contributed by atoms with E-state index in [0.717, 1.165) is 0 Å². The van der Waals surface area contributed by atoms with Crippen LogP contribution in [0.15, 0.2) is 78.0 Å². The van der Waals surface area contributed by atoms with E-state index in [-0.39, 0.29) is 34.9 Å². The predicted octanol–water partition coefficient (Wildman–Crippen LogP) is 6.52. The molecule has 1 amide bonds. The van der Waals surface area contributed by atoms with Gasteiger partial charge in [0.05, 0.1) is 11.2 Å². The summed E-state index contributed by atoms with van der Waals surface area (Å²) in [7, 11) is 0. The van der Waals surface area contributed by atoms with Gasteiger partial charge < -0.3 is 28.8 Å². The number of piperidine rings is 1. The highest BCUT2D eigenvalue weighted by Gasteiger charge is 2.24. The molecule has 0 bridgehead atoms. The van der Waals surface area contributed by atoms with Crippen LogP contribution in [-0.2, 0) is 4.79 Å². The van der Waals surface area contributed by atoms with E-state index in [1.54, 1.807) is 54.3 Å². The summed E-state index contributed by atoms with van der Waals surface area (Å²) in [6.07, 6.45) is 3.51. The lowest BCUT2D eigenvalue weighted by Crippen LogP contribution is -2.41. The van der Waals surface area contributed by atoms with Gasteiger partial charge in [-0.15, -0.1) is 10.2 Å². The number of amides is 1. The molecule has 1 saturated heterocycles. The summed E-state index contributed by atoms with van der Waals surface area (Å²) in [4.78, 5) is 22.2. The minimum Gasteiger partial charge on any atom is -0.486 e. The first-order chi connectivity index (χ1) is 21.9. The second-order valence-electron chi connectivity index (χ2n) is 10.2. The number of alkyl halides is 1. The van der Waals surface area contributed by atoms with Crippen molar-refractivity contribution in [3.05, 3.63) is 85.3 Å². The van der Waals surface area contributed by atoms with Gasteiger partial charge in [-0.2, -0.15) is 0 Å². The van der Waals surface area contributed by atoms with Crippen molar-refractivity contribution in [2.24, 2.45) is 0 Å². The smallest absolute Gasteiger partial charge is 0.247 e. The van der Waals surface area contributed by atoms with E-state index >= 15 is 4.39 Å². The van der Waals surface area contributed by atoms with Crippen LogP contribution in [0.1, 0.15) is 18.7 Å². The fraction of sp³-hybridized carbons (Fsp3) is 0.219. The number of likely N-dealkylation sites (tertiary alicyclic amines) is 1. The Labute approximate surface area is 256 Å². The summed E-state index contributed by atoms with van der Waals surface area (Å²) in [6.45, 7) is 5.17. The molecule has 5 aromatic rings. The van der Waals surface area contributed by atoms with Crippen LogP contribution in [0, 0.1) is 12.7 Å². The number of fused-ring (bicyclic) bond motifs is 1. The Kier molecular flexibility index (Phi) is 8.49. The summed E-state index contributed by atoms with van der Waals surface area (Å²) in [6, 6.07) is 14.6. The molecule has 0 atom stereocenters. The molecule has 0 spiro atoms. The molecule has 1 aliphatic rings. The maximum Gasteiger partial charge on any atom is 0.247 e. The van der Waals surface area contributed by atoms with Crippen molar-refractivity contribution in [3.8, 4) is 34.5 Å². The van der Waals surface area contributed by atoms with Crippen LogP contribution in [-0.4, -0.2) is 57.0 Å². The second kappa shape index (κ2) is 13.0. The third kappa shape index (κ3) is 6.66. The first-order valence-electron chi connectivity index (χ1n) is 14.1. The number of aryl methyl sites for hydroxylation is 1. The Bertz CT molecular complexity index is 1860. The minimum absolute atomic E-state index is 0.134. The van der Waals surface area contributed by atoms with Gasteiger partial charge in [-0.1, -0.05) is 12.6 Å². The zero-order valence-electron chi connectivity index (χ0n) is 24.2. The van der Waals surface area contributed by atoms with Crippen LogP contribution in [0.5, 0.6) is 23.0 Å². The number of anilines is 2. The molecule has 1 N–H and O–H groups in total. The average Bonchev–Trinajstić information content (AvgIpc) is 3.49. The van der Waals surface area contributed by atoms with Gasteiger partial charge >= 0.3 is 0 Å². The summed E-state index contributed by atoms with van der Waals surface area (Å²) in [5.74, 6) is 1.56.